The van der Waals surface area contributed by atoms with E-state index in [1.165, 1.54) is 0 Å². The second-order valence-corrected chi connectivity index (χ2v) is 4.25. The molecule has 10 nitrogen and oxygen atoms in total. The predicted octanol–water partition coefficient (Wildman–Crippen LogP) is -5.04. The highest BCUT2D eigenvalue weighted by atomic mass is 16.7. The largest absolute Gasteiger partial charge is 0.477 e. The van der Waals surface area contributed by atoms with Gasteiger partial charge in [0.25, 0.3) is 5.79 Å². The van der Waals surface area contributed by atoms with Crippen LogP contribution in [0.4, 0.5) is 0 Å². The molecule has 8 N–H and O–H groups in total. The second kappa shape index (κ2) is 5.64. The predicted molar refractivity (Wildman–Crippen MR) is 54.6 cm³/mol. The average Bonchev–Trinajstić information content (AvgIpc) is 2.38. The van der Waals surface area contributed by atoms with E-state index in [1.54, 1.807) is 0 Å². The lowest BCUT2D eigenvalue weighted by molar-refractivity contribution is -0.349. The molecule has 1 fully saturated rings. The fraction of sp³-hybridized carbons (Fsp3) is 0.889. The Labute approximate surface area is 106 Å². The van der Waals surface area contributed by atoms with E-state index in [9.17, 15) is 35.4 Å². The van der Waals surface area contributed by atoms with Crippen molar-refractivity contribution in [1.82, 2.24) is 0 Å². The Morgan fingerprint density at radius 1 is 1.21 bits per heavy atom. The summed E-state index contributed by atoms with van der Waals surface area (Å²) < 4.78 is 4.49. The van der Waals surface area contributed by atoms with Crippen LogP contribution in [-0.2, 0) is 9.53 Å². The zero-order valence-electron chi connectivity index (χ0n) is 9.57. The summed E-state index contributed by atoms with van der Waals surface area (Å²) in [4.78, 5) is 10.8. The molecule has 0 spiro atoms. The van der Waals surface area contributed by atoms with Gasteiger partial charge in [-0.3, -0.25) is 0 Å². The molecule has 1 aliphatic rings. The maximum absolute atomic E-state index is 10.8. The third kappa shape index (κ3) is 2.70. The molecule has 1 aliphatic heterocycles. The molecule has 0 saturated carbocycles. The Morgan fingerprint density at radius 2 is 1.74 bits per heavy atom. The molecule has 7 atom stereocenters. The number of hydrogen-bond donors (Lipinski definition) is 8. The average molecular weight is 284 g/mol. The van der Waals surface area contributed by atoms with Gasteiger partial charge in [-0.15, -0.1) is 0 Å². The summed E-state index contributed by atoms with van der Waals surface area (Å²) >= 11 is 0. The number of rotatable bonds is 4. The minimum atomic E-state index is -3.26. The van der Waals surface area contributed by atoms with Crippen LogP contribution in [0, 0.1) is 0 Å². The van der Waals surface area contributed by atoms with Gasteiger partial charge in [-0.05, 0) is 0 Å². The van der Waals surface area contributed by atoms with Gasteiger partial charge in [0.05, 0.1) is 6.61 Å². The lowest BCUT2D eigenvalue weighted by atomic mass is 9.89. The Kier molecular flexibility index (Phi) is 4.81. The van der Waals surface area contributed by atoms with Crippen molar-refractivity contribution in [2.75, 3.05) is 6.61 Å². The number of carboxylic acid groups (broad SMARTS) is 1. The van der Waals surface area contributed by atoms with Crippen LogP contribution < -0.4 is 0 Å². The molecule has 10 heteroatoms. The summed E-state index contributed by atoms with van der Waals surface area (Å²) in [7, 11) is 0. The molecule has 0 bridgehead atoms. The van der Waals surface area contributed by atoms with Gasteiger partial charge in [0, 0.05) is 0 Å². The Hall–Kier alpha value is -0.850. The highest BCUT2D eigenvalue weighted by Gasteiger charge is 2.59. The molecular formula is C9H16O10. The number of carbonyl (C=O) groups is 1. The molecule has 0 aromatic carbocycles. The first-order chi connectivity index (χ1) is 8.66. The summed E-state index contributed by atoms with van der Waals surface area (Å²) in [5.74, 6) is -5.32. The van der Waals surface area contributed by atoms with Crippen molar-refractivity contribution in [3.05, 3.63) is 0 Å². The van der Waals surface area contributed by atoms with Crippen LogP contribution in [0.1, 0.15) is 0 Å². The first-order valence-corrected chi connectivity index (χ1v) is 5.31. The molecule has 19 heavy (non-hydrogen) atoms. The minimum Gasteiger partial charge on any atom is -0.477 e. The Bertz CT molecular complexity index is 331. The molecule has 1 saturated heterocycles. The van der Waals surface area contributed by atoms with Crippen LogP contribution in [0.3, 0.4) is 0 Å². The SMILES string of the molecule is O=C(O)C1(O)O[C@@H](C(O)C(O)CO)[C@H](O)[C@@H](O)[C@H]1O. The Morgan fingerprint density at radius 3 is 2.16 bits per heavy atom. The van der Waals surface area contributed by atoms with Gasteiger partial charge in [0.2, 0.25) is 0 Å². The van der Waals surface area contributed by atoms with Crippen molar-refractivity contribution >= 4 is 5.97 Å². The molecule has 1 heterocycles. The first-order valence-electron chi connectivity index (χ1n) is 5.31. The van der Waals surface area contributed by atoms with E-state index in [2.05, 4.69) is 4.74 Å². The van der Waals surface area contributed by atoms with Crippen LogP contribution in [0.15, 0.2) is 0 Å². The number of ether oxygens (including phenoxy) is 1. The summed E-state index contributed by atoms with van der Waals surface area (Å²) in [6.45, 7) is -0.933. The van der Waals surface area contributed by atoms with Crippen molar-refractivity contribution in [2.45, 2.75) is 42.4 Å². The molecule has 0 aromatic rings. The van der Waals surface area contributed by atoms with Gasteiger partial charge < -0.3 is 45.6 Å². The third-order valence-corrected chi connectivity index (χ3v) is 2.95. The molecular weight excluding hydrogens is 268 g/mol. The molecule has 3 unspecified atom stereocenters. The van der Waals surface area contributed by atoms with Crippen LogP contribution in [0.25, 0.3) is 0 Å². The zero-order chi connectivity index (χ0) is 15.0. The molecule has 0 aliphatic carbocycles. The summed E-state index contributed by atoms with van der Waals surface area (Å²) in [6, 6.07) is 0. The fourth-order valence-electron chi connectivity index (χ4n) is 1.74. The summed E-state index contributed by atoms with van der Waals surface area (Å²) in [6.07, 6.45) is -12.2. The number of carboxylic acids is 1. The highest BCUT2D eigenvalue weighted by Crippen LogP contribution is 2.30. The smallest absolute Gasteiger partial charge is 0.367 e. The lowest BCUT2D eigenvalue weighted by Crippen LogP contribution is -2.70. The van der Waals surface area contributed by atoms with E-state index in [0.29, 0.717) is 0 Å². The third-order valence-electron chi connectivity index (χ3n) is 2.95. The zero-order valence-corrected chi connectivity index (χ0v) is 9.57. The van der Waals surface area contributed by atoms with E-state index in [1.807, 2.05) is 0 Å². The van der Waals surface area contributed by atoms with E-state index < -0.39 is 55.0 Å². The molecule has 1 rings (SSSR count). The molecule has 0 amide bonds. The quantitative estimate of drug-likeness (QED) is 0.248. The topological polar surface area (TPSA) is 188 Å². The summed E-state index contributed by atoms with van der Waals surface area (Å²) in [5.41, 5.74) is 0. The van der Waals surface area contributed by atoms with E-state index in [4.69, 9.17) is 10.2 Å². The standard InChI is InChI=1S/C9H16O10/c10-1-2(11)3(12)6-4(13)5(14)7(15)9(18,19-6)8(16)17/h2-7,10-15,18H,1H2,(H,16,17)/t2?,3?,4-,5-,6+,7-,9?/m1/s1. The van der Waals surface area contributed by atoms with Crippen LogP contribution in [0.2, 0.25) is 0 Å². The van der Waals surface area contributed by atoms with Gasteiger partial charge in [-0.25, -0.2) is 4.79 Å². The van der Waals surface area contributed by atoms with E-state index >= 15 is 0 Å². The molecule has 0 radical (unpaired) electrons. The van der Waals surface area contributed by atoms with Gasteiger partial charge in [0.1, 0.15) is 36.6 Å². The van der Waals surface area contributed by atoms with Crippen molar-refractivity contribution in [3.63, 3.8) is 0 Å². The lowest BCUT2D eigenvalue weighted by Gasteiger charge is -2.45. The van der Waals surface area contributed by atoms with Gasteiger partial charge in [0.15, 0.2) is 0 Å². The number of aliphatic hydroxyl groups is 7. The maximum atomic E-state index is 10.8. The van der Waals surface area contributed by atoms with Crippen molar-refractivity contribution in [2.24, 2.45) is 0 Å². The number of aliphatic carboxylic acids is 1. The second-order valence-electron chi connectivity index (χ2n) is 4.25. The number of hydrogen-bond acceptors (Lipinski definition) is 9. The fourth-order valence-corrected chi connectivity index (χ4v) is 1.74. The van der Waals surface area contributed by atoms with Gasteiger partial charge in [-0.2, -0.15) is 0 Å². The van der Waals surface area contributed by atoms with E-state index in [0.717, 1.165) is 0 Å². The monoisotopic (exact) mass is 284 g/mol. The van der Waals surface area contributed by atoms with Crippen molar-refractivity contribution in [3.8, 4) is 0 Å². The maximum Gasteiger partial charge on any atom is 0.367 e. The van der Waals surface area contributed by atoms with Gasteiger partial charge >= 0.3 is 5.97 Å². The molecule has 112 valence electrons. The van der Waals surface area contributed by atoms with Crippen molar-refractivity contribution in [1.29, 1.82) is 0 Å². The normalized spacial score (nSPS) is 42.7. The Balaban J connectivity index is 3.04. The molecule has 0 aromatic heterocycles. The van der Waals surface area contributed by atoms with Crippen molar-refractivity contribution < 1.29 is 50.4 Å². The highest BCUT2D eigenvalue weighted by molar-refractivity contribution is 5.76. The summed E-state index contributed by atoms with van der Waals surface area (Å²) in [5, 5.41) is 74.1. The van der Waals surface area contributed by atoms with Gasteiger partial charge in [-0.1, -0.05) is 0 Å². The first kappa shape index (κ1) is 16.2. The van der Waals surface area contributed by atoms with E-state index in [-0.39, 0.29) is 0 Å². The van der Waals surface area contributed by atoms with Crippen LogP contribution in [0.5, 0.6) is 0 Å². The number of aliphatic hydroxyl groups excluding tert-OH is 6. The van der Waals surface area contributed by atoms with Crippen LogP contribution >= 0.6 is 0 Å². The minimum absolute atomic E-state index is 0.933. The van der Waals surface area contributed by atoms with Crippen LogP contribution in [-0.4, -0.2) is 95.8 Å².